The lowest BCUT2D eigenvalue weighted by molar-refractivity contribution is -0.137. The van der Waals surface area contributed by atoms with E-state index in [0.717, 1.165) is 43.9 Å². The zero-order valence-electron chi connectivity index (χ0n) is 16.3. The minimum Gasteiger partial charge on any atom is -0.490 e. The summed E-state index contributed by atoms with van der Waals surface area (Å²) in [7, 11) is 0. The Bertz CT molecular complexity index is 798. The van der Waals surface area contributed by atoms with Crippen molar-refractivity contribution in [1.29, 1.82) is 0 Å². The Hall–Kier alpha value is -2.34. The van der Waals surface area contributed by atoms with Gasteiger partial charge >= 0.3 is 5.97 Å². The number of carboxylic acids is 1. The van der Waals surface area contributed by atoms with E-state index in [9.17, 15) is 4.79 Å². The summed E-state index contributed by atoms with van der Waals surface area (Å²) in [5, 5.41) is 13.3. The van der Waals surface area contributed by atoms with Gasteiger partial charge in [-0.1, -0.05) is 12.1 Å². The van der Waals surface area contributed by atoms with Gasteiger partial charge in [0, 0.05) is 30.9 Å². The predicted molar refractivity (Wildman–Crippen MR) is 106 cm³/mol. The smallest absolute Gasteiger partial charge is 0.325 e. The number of hydrogen-bond donors (Lipinski definition) is 1. The first-order chi connectivity index (χ1) is 13.7. The molecule has 1 aromatic heterocycles. The van der Waals surface area contributed by atoms with Crippen LogP contribution in [-0.2, 0) is 17.9 Å². The van der Waals surface area contributed by atoms with Crippen LogP contribution in [0.2, 0.25) is 0 Å². The van der Waals surface area contributed by atoms with Crippen LogP contribution in [0.5, 0.6) is 5.75 Å². The second-order valence-electron chi connectivity index (χ2n) is 8.05. The summed E-state index contributed by atoms with van der Waals surface area (Å²) in [5.74, 6) is 0.461. The zero-order valence-corrected chi connectivity index (χ0v) is 16.3. The predicted octanol–water partition coefficient (Wildman–Crippen LogP) is 3.67. The third kappa shape index (κ3) is 4.73. The molecule has 150 valence electrons. The molecule has 1 aromatic carbocycles. The zero-order chi connectivity index (χ0) is 19.3. The Morgan fingerprint density at radius 2 is 2.04 bits per heavy atom. The Morgan fingerprint density at radius 3 is 2.86 bits per heavy atom. The number of nitrogens with zero attached hydrogens (tertiary/aromatic N) is 3. The van der Waals surface area contributed by atoms with Crippen LogP contribution in [0.15, 0.2) is 36.5 Å². The summed E-state index contributed by atoms with van der Waals surface area (Å²) in [6.07, 6.45) is 9.17. The Labute approximate surface area is 166 Å². The number of carboxylic acid groups (broad SMARTS) is 1. The first-order valence-corrected chi connectivity index (χ1v) is 10.4. The largest absolute Gasteiger partial charge is 0.490 e. The molecule has 2 aromatic rings. The molecule has 2 aliphatic rings. The molecule has 0 amide bonds. The standard InChI is InChI=1S/C22H29N3O3/c26-22(27)16-25-21(10-11-23-25)18-6-4-12-24(15-18)14-17-5-3-9-20(13-17)28-19-7-1-2-8-19/h3,5,9-11,13,18-19H,1-2,4,6-8,12,14-16H2,(H,26,27)/t18-/m0/s1. The molecule has 0 bridgehead atoms. The number of carbonyl (C=O) groups is 1. The van der Waals surface area contributed by atoms with Gasteiger partial charge in [-0.3, -0.25) is 14.4 Å². The highest BCUT2D eigenvalue weighted by molar-refractivity contribution is 5.66. The SMILES string of the molecule is O=C(O)Cn1nccc1[C@H]1CCCN(Cc2cccc(OC3CCCC3)c2)C1. The van der Waals surface area contributed by atoms with Crippen LogP contribution in [0.25, 0.3) is 0 Å². The van der Waals surface area contributed by atoms with Crippen molar-refractivity contribution < 1.29 is 14.6 Å². The first kappa shape index (κ1) is 19.0. The van der Waals surface area contributed by atoms with Crippen molar-refractivity contribution in [1.82, 2.24) is 14.7 Å². The van der Waals surface area contributed by atoms with Gasteiger partial charge in [0.2, 0.25) is 0 Å². The van der Waals surface area contributed by atoms with Gasteiger partial charge < -0.3 is 9.84 Å². The average Bonchev–Trinajstić information content (AvgIpc) is 3.34. The third-order valence-corrected chi connectivity index (χ3v) is 5.87. The minimum absolute atomic E-state index is 0.0701. The fraction of sp³-hybridized carbons (Fsp3) is 0.545. The molecule has 1 aliphatic carbocycles. The highest BCUT2D eigenvalue weighted by Gasteiger charge is 2.25. The van der Waals surface area contributed by atoms with Crippen molar-refractivity contribution in [2.45, 2.75) is 63.6 Å². The van der Waals surface area contributed by atoms with Crippen molar-refractivity contribution >= 4 is 5.97 Å². The van der Waals surface area contributed by atoms with Crippen molar-refractivity contribution in [2.75, 3.05) is 13.1 Å². The molecule has 0 unspecified atom stereocenters. The summed E-state index contributed by atoms with van der Waals surface area (Å²) in [4.78, 5) is 13.5. The number of aliphatic carboxylic acids is 1. The van der Waals surface area contributed by atoms with E-state index in [2.05, 4.69) is 34.3 Å². The number of aromatic nitrogens is 2. The molecule has 4 rings (SSSR count). The van der Waals surface area contributed by atoms with Gasteiger partial charge in [0.05, 0.1) is 6.10 Å². The molecule has 1 saturated heterocycles. The Kier molecular flexibility index (Phi) is 5.95. The maximum absolute atomic E-state index is 11.1. The van der Waals surface area contributed by atoms with E-state index in [4.69, 9.17) is 9.84 Å². The molecule has 0 spiro atoms. The maximum atomic E-state index is 11.1. The Morgan fingerprint density at radius 1 is 1.18 bits per heavy atom. The van der Waals surface area contributed by atoms with Crippen molar-refractivity contribution in [3.8, 4) is 5.75 Å². The Balaban J connectivity index is 1.39. The van der Waals surface area contributed by atoms with E-state index in [1.165, 1.54) is 31.2 Å². The number of likely N-dealkylation sites (tertiary alicyclic amines) is 1. The van der Waals surface area contributed by atoms with Crippen molar-refractivity contribution in [2.24, 2.45) is 0 Å². The summed E-state index contributed by atoms with van der Waals surface area (Å²) in [5.41, 5.74) is 2.31. The van der Waals surface area contributed by atoms with Gasteiger partial charge in [0.25, 0.3) is 0 Å². The molecule has 28 heavy (non-hydrogen) atoms. The van der Waals surface area contributed by atoms with Crippen LogP contribution in [0.1, 0.15) is 55.7 Å². The monoisotopic (exact) mass is 383 g/mol. The van der Waals surface area contributed by atoms with Crippen LogP contribution in [0.3, 0.4) is 0 Å². The average molecular weight is 383 g/mol. The highest BCUT2D eigenvalue weighted by Crippen LogP contribution is 2.29. The van der Waals surface area contributed by atoms with Crippen LogP contribution in [0, 0.1) is 0 Å². The number of piperidine rings is 1. The second kappa shape index (κ2) is 8.78. The number of rotatable bonds is 7. The molecule has 1 N–H and O–H groups in total. The highest BCUT2D eigenvalue weighted by atomic mass is 16.5. The molecular weight excluding hydrogens is 354 g/mol. The first-order valence-electron chi connectivity index (χ1n) is 10.4. The van der Waals surface area contributed by atoms with Gasteiger partial charge in [-0.05, 0) is 68.8 Å². The lowest BCUT2D eigenvalue weighted by Crippen LogP contribution is -2.35. The molecule has 1 aliphatic heterocycles. The van der Waals surface area contributed by atoms with Gasteiger partial charge in [0.15, 0.2) is 0 Å². The number of hydrogen-bond acceptors (Lipinski definition) is 4. The molecule has 2 heterocycles. The summed E-state index contributed by atoms with van der Waals surface area (Å²) in [6.45, 7) is 2.82. The number of ether oxygens (including phenoxy) is 1. The topological polar surface area (TPSA) is 67.6 Å². The van der Waals surface area contributed by atoms with Crippen molar-refractivity contribution in [3.05, 3.63) is 47.8 Å². The fourth-order valence-electron chi connectivity index (χ4n) is 4.56. The summed E-state index contributed by atoms with van der Waals surface area (Å²) in [6, 6.07) is 10.5. The summed E-state index contributed by atoms with van der Waals surface area (Å²) < 4.78 is 7.78. The minimum atomic E-state index is -0.850. The van der Waals surface area contributed by atoms with E-state index in [1.807, 2.05) is 6.07 Å². The van der Waals surface area contributed by atoms with Gasteiger partial charge in [-0.25, -0.2) is 0 Å². The van der Waals surface area contributed by atoms with Crippen LogP contribution >= 0.6 is 0 Å². The number of benzene rings is 1. The lowest BCUT2D eigenvalue weighted by Gasteiger charge is -2.33. The molecule has 6 nitrogen and oxygen atoms in total. The van der Waals surface area contributed by atoms with Gasteiger partial charge in [-0.2, -0.15) is 5.10 Å². The van der Waals surface area contributed by atoms with E-state index >= 15 is 0 Å². The molecule has 1 saturated carbocycles. The van der Waals surface area contributed by atoms with E-state index in [0.29, 0.717) is 12.0 Å². The maximum Gasteiger partial charge on any atom is 0.325 e. The third-order valence-electron chi connectivity index (χ3n) is 5.87. The van der Waals surface area contributed by atoms with Gasteiger partial charge in [-0.15, -0.1) is 0 Å². The molecule has 2 fully saturated rings. The molecule has 6 heteroatoms. The fourth-order valence-corrected chi connectivity index (χ4v) is 4.56. The van der Waals surface area contributed by atoms with Crippen molar-refractivity contribution in [3.63, 3.8) is 0 Å². The molecule has 0 radical (unpaired) electrons. The summed E-state index contributed by atoms with van der Waals surface area (Å²) >= 11 is 0. The molecular formula is C22H29N3O3. The lowest BCUT2D eigenvalue weighted by atomic mass is 9.94. The van der Waals surface area contributed by atoms with E-state index in [1.54, 1.807) is 10.9 Å². The normalized spacial score (nSPS) is 21.1. The second-order valence-corrected chi connectivity index (χ2v) is 8.05. The van der Waals surface area contributed by atoms with Gasteiger partial charge in [0.1, 0.15) is 12.3 Å². The quantitative estimate of drug-likeness (QED) is 0.790. The molecule has 1 atom stereocenters. The van der Waals surface area contributed by atoms with E-state index < -0.39 is 5.97 Å². The van der Waals surface area contributed by atoms with E-state index in [-0.39, 0.29) is 6.54 Å². The van der Waals surface area contributed by atoms with Crippen LogP contribution in [-0.4, -0.2) is 44.9 Å². The van der Waals surface area contributed by atoms with Crippen LogP contribution in [0.4, 0.5) is 0 Å². The van der Waals surface area contributed by atoms with Crippen LogP contribution < -0.4 is 4.74 Å².